The molecule has 15 heavy (non-hydrogen) atoms. The van der Waals surface area contributed by atoms with Crippen molar-refractivity contribution in [2.45, 2.75) is 32.9 Å². The molecule has 1 atom stereocenters. The molecule has 1 rings (SSSR count). The average Bonchev–Trinajstić information content (AvgIpc) is 2.22. The highest BCUT2D eigenvalue weighted by Gasteiger charge is 2.10. The van der Waals surface area contributed by atoms with Gasteiger partial charge in [0, 0.05) is 12.6 Å². The predicted octanol–water partition coefficient (Wildman–Crippen LogP) is 2.99. The Morgan fingerprint density at radius 3 is 2.20 bits per heavy atom. The van der Waals surface area contributed by atoms with Crippen molar-refractivity contribution >= 4 is 0 Å². The number of hydrogen-bond donors (Lipinski definition) is 1. The van der Waals surface area contributed by atoms with Gasteiger partial charge in [0.2, 0.25) is 0 Å². The first-order chi connectivity index (χ1) is 7.04. The predicted molar refractivity (Wildman–Crippen MR) is 52.9 cm³/mol. The van der Waals surface area contributed by atoms with Crippen LogP contribution < -0.4 is 5.32 Å². The molecule has 0 aliphatic carbocycles. The van der Waals surface area contributed by atoms with Crippen LogP contribution in [0.3, 0.4) is 0 Å². The fourth-order valence-corrected chi connectivity index (χ4v) is 1.15. The highest BCUT2D eigenvalue weighted by atomic mass is 19.2. The Kier molecular flexibility index (Phi) is 4.15. The zero-order valence-electron chi connectivity index (χ0n) is 8.78. The lowest BCUT2D eigenvalue weighted by Crippen LogP contribution is -2.24. The maximum Gasteiger partial charge on any atom is 0.194 e. The molecule has 0 aliphatic heterocycles. The van der Waals surface area contributed by atoms with Gasteiger partial charge >= 0.3 is 0 Å². The van der Waals surface area contributed by atoms with Gasteiger partial charge in [-0.25, -0.2) is 13.2 Å². The van der Waals surface area contributed by atoms with Gasteiger partial charge in [0.1, 0.15) is 0 Å². The van der Waals surface area contributed by atoms with E-state index in [9.17, 15) is 13.2 Å². The van der Waals surface area contributed by atoms with Gasteiger partial charge in [-0.3, -0.25) is 0 Å². The standard InChI is InChI=1S/C11H14F3N/c1-3-7(2)15-6-8-4-9(12)11(14)10(13)5-8/h4-5,7,15H,3,6H2,1-2H3/t7-/m0/s1. The van der Waals surface area contributed by atoms with Gasteiger partial charge in [0.05, 0.1) is 0 Å². The first-order valence-electron chi connectivity index (χ1n) is 4.91. The maximum atomic E-state index is 12.8. The fraction of sp³-hybridized carbons (Fsp3) is 0.455. The number of rotatable bonds is 4. The fourth-order valence-electron chi connectivity index (χ4n) is 1.15. The normalized spacial score (nSPS) is 12.9. The van der Waals surface area contributed by atoms with Crippen LogP contribution in [0.15, 0.2) is 12.1 Å². The lowest BCUT2D eigenvalue weighted by atomic mass is 10.2. The van der Waals surface area contributed by atoms with Gasteiger partial charge in [0.15, 0.2) is 17.5 Å². The molecule has 1 N–H and O–H groups in total. The van der Waals surface area contributed by atoms with Crippen LogP contribution in [0.4, 0.5) is 13.2 Å². The molecular formula is C11H14F3N. The van der Waals surface area contributed by atoms with E-state index in [0.29, 0.717) is 12.1 Å². The molecular weight excluding hydrogens is 203 g/mol. The molecule has 0 bridgehead atoms. The summed E-state index contributed by atoms with van der Waals surface area (Å²) < 4.78 is 38.2. The number of hydrogen-bond acceptors (Lipinski definition) is 1. The molecule has 1 nitrogen and oxygen atoms in total. The third-order valence-corrected chi connectivity index (χ3v) is 2.31. The van der Waals surface area contributed by atoms with E-state index in [1.807, 2.05) is 13.8 Å². The summed E-state index contributed by atoms with van der Waals surface area (Å²) in [6, 6.07) is 2.28. The van der Waals surface area contributed by atoms with Crippen LogP contribution in [0.2, 0.25) is 0 Å². The van der Waals surface area contributed by atoms with Gasteiger partial charge in [0.25, 0.3) is 0 Å². The average molecular weight is 217 g/mol. The maximum absolute atomic E-state index is 12.8. The molecule has 1 aromatic rings. The molecule has 0 amide bonds. The first kappa shape index (κ1) is 12.0. The van der Waals surface area contributed by atoms with Crippen LogP contribution in [-0.4, -0.2) is 6.04 Å². The second-order valence-corrected chi connectivity index (χ2v) is 3.56. The van der Waals surface area contributed by atoms with Crippen molar-refractivity contribution < 1.29 is 13.2 Å². The molecule has 0 spiro atoms. The van der Waals surface area contributed by atoms with E-state index in [2.05, 4.69) is 5.32 Å². The zero-order chi connectivity index (χ0) is 11.4. The minimum absolute atomic E-state index is 0.265. The molecule has 0 aromatic heterocycles. The molecule has 0 radical (unpaired) electrons. The first-order valence-corrected chi connectivity index (χ1v) is 4.91. The number of nitrogens with one attached hydrogen (secondary N) is 1. The van der Waals surface area contributed by atoms with E-state index in [4.69, 9.17) is 0 Å². The van der Waals surface area contributed by atoms with E-state index in [0.717, 1.165) is 18.6 Å². The van der Waals surface area contributed by atoms with E-state index in [1.165, 1.54) is 0 Å². The quantitative estimate of drug-likeness (QED) is 0.764. The molecule has 0 fully saturated rings. The van der Waals surface area contributed by atoms with E-state index < -0.39 is 17.5 Å². The van der Waals surface area contributed by atoms with Crippen LogP contribution in [-0.2, 0) is 6.54 Å². The summed E-state index contributed by atoms with van der Waals surface area (Å²) in [6.07, 6.45) is 0.923. The van der Waals surface area contributed by atoms with E-state index in [1.54, 1.807) is 0 Å². The van der Waals surface area contributed by atoms with Gasteiger partial charge in [-0.05, 0) is 31.0 Å². The summed E-state index contributed by atoms with van der Waals surface area (Å²) >= 11 is 0. The topological polar surface area (TPSA) is 12.0 Å². The summed E-state index contributed by atoms with van der Waals surface area (Å²) in [5.41, 5.74) is 0.409. The number of benzene rings is 1. The van der Waals surface area contributed by atoms with Crippen molar-refractivity contribution in [1.82, 2.24) is 5.32 Å². The van der Waals surface area contributed by atoms with E-state index in [-0.39, 0.29) is 6.04 Å². The van der Waals surface area contributed by atoms with Crippen molar-refractivity contribution in [2.24, 2.45) is 0 Å². The Balaban J connectivity index is 2.70. The van der Waals surface area contributed by atoms with Crippen molar-refractivity contribution in [1.29, 1.82) is 0 Å². The van der Waals surface area contributed by atoms with Crippen molar-refractivity contribution in [3.63, 3.8) is 0 Å². The zero-order valence-corrected chi connectivity index (χ0v) is 8.78. The lowest BCUT2D eigenvalue weighted by Gasteiger charge is -2.11. The highest BCUT2D eigenvalue weighted by Crippen LogP contribution is 2.13. The second-order valence-electron chi connectivity index (χ2n) is 3.56. The van der Waals surface area contributed by atoms with Crippen molar-refractivity contribution in [3.05, 3.63) is 35.1 Å². The summed E-state index contributed by atoms with van der Waals surface area (Å²) in [6.45, 7) is 4.31. The van der Waals surface area contributed by atoms with E-state index >= 15 is 0 Å². The summed E-state index contributed by atoms with van der Waals surface area (Å²) in [5.74, 6) is -3.70. The van der Waals surface area contributed by atoms with Crippen molar-refractivity contribution in [2.75, 3.05) is 0 Å². The molecule has 0 unspecified atom stereocenters. The molecule has 0 saturated heterocycles. The van der Waals surface area contributed by atoms with Crippen LogP contribution in [0.5, 0.6) is 0 Å². The molecule has 0 aliphatic rings. The monoisotopic (exact) mass is 217 g/mol. The molecule has 1 aromatic carbocycles. The summed E-state index contributed by atoms with van der Waals surface area (Å²) in [5, 5.41) is 3.07. The van der Waals surface area contributed by atoms with Crippen LogP contribution in [0.25, 0.3) is 0 Å². The van der Waals surface area contributed by atoms with Gasteiger partial charge in [-0.15, -0.1) is 0 Å². The minimum atomic E-state index is -1.41. The Morgan fingerprint density at radius 1 is 1.20 bits per heavy atom. The summed E-state index contributed by atoms with van der Waals surface area (Å²) in [4.78, 5) is 0. The van der Waals surface area contributed by atoms with Crippen molar-refractivity contribution in [3.8, 4) is 0 Å². The number of halogens is 3. The highest BCUT2D eigenvalue weighted by molar-refractivity contribution is 5.19. The largest absolute Gasteiger partial charge is 0.310 e. The van der Waals surface area contributed by atoms with Gasteiger partial charge in [-0.1, -0.05) is 6.92 Å². The van der Waals surface area contributed by atoms with Gasteiger partial charge in [-0.2, -0.15) is 0 Å². The molecule has 0 saturated carbocycles. The second kappa shape index (κ2) is 5.16. The van der Waals surface area contributed by atoms with Gasteiger partial charge < -0.3 is 5.32 Å². The lowest BCUT2D eigenvalue weighted by molar-refractivity contribution is 0.442. The van der Waals surface area contributed by atoms with Crippen LogP contribution in [0.1, 0.15) is 25.8 Å². The Bertz CT molecular complexity index is 316. The molecule has 4 heteroatoms. The third-order valence-electron chi connectivity index (χ3n) is 2.31. The smallest absolute Gasteiger partial charge is 0.194 e. The Morgan fingerprint density at radius 2 is 1.73 bits per heavy atom. The molecule has 84 valence electrons. The van der Waals surface area contributed by atoms with Crippen LogP contribution >= 0.6 is 0 Å². The molecule has 0 heterocycles. The Hall–Kier alpha value is -1.03. The Labute approximate surface area is 87.3 Å². The summed E-state index contributed by atoms with van der Waals surface area (Å²) in [7, 11) is 0. The third kappa shape index (κ3) is 3.23. The SMILES string of the molecule is CC[C@H](C)NCc1cc(F)c(F)c(F)c1. The minimum Gasteiger partial charge on any atom is -0.310 e. The van der Waals surface area contributed by atoms with Crippen LogP contribution in [0, 0.1) is 17.5 Å².